The van der Waals surface area contributed by atoms with E-state index in [1.807, 2.05) is 0 Å². The molecule has 0 spiro atoms. The first-order chi connectivity index (χ1) is 7.29. The Morgan fingerprint density at radius 1 is 1.12 bits per heavy atom. The minimum absolute atomic E-state index is 1.13. The number of benzene rings is 1. The molecule has 16 heavy (non-hydrogen) atoms. The fraction of sp³-hybridized carbons (Fsp3) is 0.429. The molecular weight excluding hydrogens is 210 g/mol. The number of nitrogens with zero attached hydrogens (tertiary/aromatic N) is 1. The summed E-state index contributed by atoms with van der Waals surface area (Å²) >= 11 is 0. The molecule has 0 saturated carbocycles. The van der Waals surface area contributed by atoms with Crippen LogP contribution in [0, 0.1) is 18.4 Å². The van der Waals surface area contributed by atoms with Crippen LogP contribution in [-0.2, 0) is 0 Å². The summed E-state index contributed by atoms with van der Waals surface area (Å²) in [5.41, 5.74) is 7.07. The average Bonchev–Trinajstić information content (AvgIpc) is 2.13. The highest BCUT2D eigenvalue weighted by atomic mass is 28.3. The van der Waals surface area contributed by atoms with E-state index < -0.39 is 8.07 Å². The topological polar surface area (TPSA) is 3.24 Å². The number of hydrogen-bond donors (Lipinski definition) is 0. The molecule has 0 heterocycles. The van der Waals surface area contributed by atoms with Gasteiger partial charge in [-0.3, -0.25) is 0 Å². The van der Waals surface area contributed by atoms with Gasteiger partial charge < -0.3 is 4.90 Å². The van der Waals surface area contributed by atoms with Gasteiger partial charge in [0.2, 0.25) is 0 Å². The lowest BCUT2D eigenvalue weighted by atomic mass is 10.1. The van der Waals surface area contributed by atoms with Gasteiger partial charge in [0.1, 0.15) is 8.07 Å². The molecule has 1 nitrogen and oxygen atoms in total. The van der Waals surface area contributed by atoms with Crippen LogP contribution in [0.15, 0.2) is 18.2 Å². The smallest absolute Gasteiger partial charge is 0.129 e. The van der Waals surface area contributed by atoms with Crippen molar-refractivity contribution in [3.63, 3.8) is 0 Å². The molecule has 0 atom stereocenters. The van der Waals surface area contributed by atoms with E-state index in [0.717, 1.165) is 5.56 Å². The third-order valence-corrected chi connectivity index (χ3v) is 3.14. The van der Waals surface area contributed by atoms with Crippen molar-refractivity contribution in [3.8, 4) is 11.5 Å². The van der Waals surface area contributed by atoms with Crippen molar-refractivity contribution in [3.05, 3.63) is 29.3 Å². The monoisotopic (exact) mass is 231 g/mol. The van der Waals surface area contributed by atoms with E-state index in [9.17, 15) is 0 Å². The van der Waals surface area contributed by atoms with Gasteiger partial charge in [-0.2, -0.15) is 0 Å². The van der Waals surface area contributed by atoms with E-state index in [1.165, 1.54) is 11.3 Å². The highest BCUT2D eigenvalue weighted by Crippen LogP contribution is 2.18. The first-order valence-electron chi connectivity index (χ1n) is 5.61. The Balaban J connectivity index is 3.02. The lowest BCUT2D eigenvalue weighted by molar-refractivity contribution is 1.11. The molecule has 0 radical (unpaired) electrons. The van der Waals surface area contributed by atoms with Crippen molar-refractivity contribution in [2.24, 2.45) is 0 Å². The Labute approximate surface area is 100 Å². The quantitative estimate of drug-likeness (QED) is 0.529. The molecule has 86 valence electrons. The summed E-state index contributed by atoms with van der Waals surface area (Å²) in [7, 11) is 2.87. The molecule has 0 bridgehead atoms. The summed E-state index contributed by atoms with van der Waals surface area (Å²) in [5, 5.41) is 0. The molecule has 1 rings (SSSR count). The second-order valence-electron chi connectivity index (χ2n) is 5.40. The molecular formula is C14H21NSi. The normalized spacial score (nSPS) is 10.6. The van der Waals surface area contributed by atoms with Crippen LogP contribution in [0.2, 0.25) is 19.6 Å². The maximum atomic E-state index is 3.39. The van der Waals surface area contributed by atoms with Gasteiger partial charge in [0.15, 0.2) is 0 Å². The zero-order chi connectivity index (χ0) is 12.3. The number of hydrogen-bond acceptors (Lipinski definition) is 1. The molecule has 0 fully saturated rings. The van der Waals surface area contributed by atoms with E-state index in [4.69, 9.17) is 0 Å². The van der Waals surface area contributed by atoms with E-state index in [-0.39, 0.29) is 0 Å². The Hall–Kier alpha value is -1.20. The van der Waals surface area contributed by atoms with Crippen molar-refractivity contribution in [2.75, 3.05) is 19.0 Å². The maximum Gasteiger partial charge on any atom is 0.129 e. The Morgan fingerprint density at radius 3 is 2.19 bits per heavy atom. The van der Waals surface area contributed by atoms with Gasteiger partial charge in [-0.15, -0.1) is 5.54 Å². The fourth-order valence-corrected chi connectivity index (χ4v) is 2.01. The molecule has 0 unspecified atom stereocenters. The summed E-state index contributed by atoms with van der Waals surface area (Å²) in [5.74, 6) is 3.28. The van der Waals surface area contributed by atoms with Gasteiger partial charge in [0.05, 0.1) is 0 Å². The molecule has 0 aliphatic heterocycles. The van der Waals surface area contributed by atoms with Crippen LogP contribution >= 0.6 is 0 Å². The molecule has 0 aliphatic rings. The van der Waals surface area contributed by atoms with Crippen LogP contribution in [0.25, 0.3) is 0 Å². The largest absolute Gasteiger partial charge is 0.377 e. The minimum atomic E-state index is -1.26. The summed E-state index contributed by atoms with van der Waals surface area (Å²) < 4.78 is 0. The first kappa shape index (κ1) is 12.9. The number of rotatable bonds is 1. The Kier molecular flexibility index (Phi) is 3.82. The molecule has 0 aromatic heterocycles. The molecule has 0 amide bonds. The predicted molar refractivity (Wildman–Crippen MR) is 75.7 cm³/mol. The van der Waals surface area contributed by atoms with Gasteiger partial charge >= 0.3 is 0 Å². The van der Waals surface area contributed by atoms with Crippen molar-refractivity contribution in [1.82, 2.24) is 0 Å². The lowest BCUT2D eigenvalue weighted by Crippen LogP contribution is -2.16. The van der Waals surface area contributed by atoms with Crippen LogP contribution in [-0.4, -0.2) is 22.2 Å². The van der Waals surface area contributed by atoms with E-state index in [2.05, 4.69) is 75.2 Å². The maximum absolute atomic E-state index is 3.39. The summed E-state index contributed by atoms with van der Waals surface area (Å²) in [4.78, 5) is 2.13. The average molecular weight is 231 g/mol. The van der Waals surface area contributed by atoms with Gasteiger partial charge in [-0.25, -0.2) is 0 Å². The van der Waals surface area contributed by atoms with Crippen LogP contribution in [0.5, 0.6) is 0 Å². The minimum Gasteiger partial charge on any atom is -0.377 e. The third-order valence-electron chi connectivity index (χ3n) is 2.26. The highest BCUT2D eigenvalue weighted by Gasteiger charge is 2.07. The van der Waals surface area contributed by atoms with Crippen LogP contribution in [0.4, 0.5) is 5.69 Å². The van der Waals surface area contributed by atoms with Crippen LogP contribution in [0.3, 0.4) is 0 Å². The van der Waals surface area contributed by atoms with Gasteiger partial charge in [0.25, 0.3) is 0 Å². The summed E-state index contributed by atoms with van der Waals surface area (Å²) in [6.45, 7) is 8.93. The molecule has 0 saturated heterocycles. The molecule has 1 aromatic rings. The summed E-state index contributed by atoms with van der Waals surface area (Å²) in [6, 6.07) is 6.42. The third kappa shape index (κ3) is 3.75. The standard InChI is InChI=1S/C14H21NSi/c1-12-11-13(9-10-16(4,5)6)7-8-14(12)15(2)3/h7-8,11H,1-6H3. The van der Waals surface area contributed by atoms with Crippen molar-refractivity contribution in [1.29, 1.82) is 0 Å². The van der Waals surface area contributed by atoms with Crippen molar-refractivity contribution < 1.29 is 0 Å². The van der Waals surface area contributed by atoms with Crippen LogP contribution < -0.4 is 4.90 Å². The molecule has 0 aliphatic carbocycles. The van der Waals surface area contributed by atoms with E-state index >= 15 is 0 Å². The van der Waals surface area contributed by atoms with Crippen molar-refractivity contribution in [2.45, 2.75) is 26.6 Å². The second kappa shape index (κ2) is 4.76. The lowest BCUT2D eigenvalue weighted by Gasteiger charge is -2.15. The SMILES string of the molecule is Cc1cc(C#C[Si](C)(C)C)ccc1N(C)C. The first-order valence-corrected chi connectivity index (χ1v) is 9.11. The zero-order valence-corrected chi connectivity index (χ0v) is 12.2. The highest BCUT2D eigenvalue weighted by molar-refractivity contribution is 6.83. The van der Waals surface area contributed by atoms with Crippen molar-refractivity contribution >= 4 is 13.8 Å². The van der Waals surface area contributed by atoms with Gasteiger partial charge in [-0.05, 0) is 30.7 Å². The van der Waals surface area contributed by atoms with Gasteiger partial charge in [0, 0.05) is 25.3 Å². The van der Waals surface area contributed by atoms with Gasteiger partial charge in [-0.1, -0.05) is 25.6 Å². The summed E-state index contributed by atoms with van der Waals surface area (Å²) in [6.07, 6.45) is 0. The Morgan fingerprint density at radius 2 is 1.75 bits per heavy atom. The molecule has 0 N–H and O–H groups in total. The number of anilines is 1. The Bertz CT molecular complexity index is 430. The van der Waals surface area contributed by atoms with Crippen LogP contribution in [0.1, 0.15) is 11.1 Å². The van der Waals surface area contributed by atoms with E-state index in [0.29, 0.717) is 0 Å². The predicted octanol–water partition coefficient (Wildman–Crippen LogP) is 3.29. The molecule has 2 heteroatoms. The zero-order valence-electron chi connectivity index (χ0n) is 11.2. The van der Waals surface area contributed by atoms with E-state index in [1.54, 1.807) is 0 Å². The second-order valence-corrected chi connectivity index (χ2v) is 10.1. The fourth-order valence-electron chi connectivity index (χ4n) is 1.49. The number of aryl methyl sites for hydroxylation is 1. The molecule has 1 aromatic carbocycles.